The fourth-order valence-corrected chi connectivity index (χ4v) is 4.32. The number of aryl methyl sites for hydroxylation is 2. The molecule has 0 aliphatic heterocycles. The Morgan fingerprint density at radius 1 is 1.10 bits per heavy atom. The lowest BCUT2D eigenvalue weighted by molar-refractivity contribution is -0.121. The SMILES string of the molecule is Cc1ccc(OCCNC(=O)CCCN(c2ccc(Cl)cc2Cl)S(C)(=O)=O)cc1C. The van der Waals surface area contributed by atoms with E-state index in [1.807, 2.05) is 32.0 Å². The van der Waals surface area contributed by atoms with Crippen molar-refractivity contribution in [1.29, 1.82) is 0 Å². The molecule has 0 spiro atoms. The smallest absolute Gasteiger partial charge is 0.232 e. The summed E-state index contributed by atoms with van der Waals surface area (Å²) in [6, 6.07) is 10.5. The predicted molar refractivity (Wildman–Crippen MR) is 122 cm³/mol. The molecule has 0 aliphatic carbocycles. The van der Waals surface area contributed by atoms with Gasteiger partial charge in [-0.2, -0.15) is 0 Å². The quantitative estimate of drug-likeness (QED) is 0.521. The maximum Gasteiger partial charge on any atom is 0.232 e. The van der Waals surface area contributed by atoms with Gasteiger partial charge in [0.1, 0.15) is 12.4 Å². The molecule has 1 N–H and O–H groups in total. The van der Waals surface area contributed by atoms with E-state index in [4.69, 9.17) is 27.9 Å². The van der Waals surface area contributed by atoms with Crippen LogP contribution in [0.1, 0.15) is 24.0 Å². The Morgan fingerprint density at radius 3 is 2.47 bits per heavy atom. The van der Waals surface area contributed by atoms with Crippen molar-refractivity contribution in [2.24, 2.45) is 0 Å². The highest BCUT2D eigenvalue weighted by Gasteiger charge is 2.20. The number of anilines is 1. The molecule has 0 bridgehead atoms. The first-order valence-corrected chi connectivity index (χ1v) is 12.1. The van der Waals surface area contributed by atoms with Crippen LogP contribution in [0.4, 0.5) is 5.69 Å². The van der Waals surface area contributed by atoms with Gasteiger partial charge in [0.25, 0.3) is 0 Å². The van der Waals surface area contributed by atoms with Crippen molar-refractivity contribution in [2.75, 3.05) is 30.3 Å². The van der Waals surface area contributed by atoms with Crippen molar-refractivity contribution in [3.8, 4) is 5.75 Å². The molecule has 0 aliphatic rings. The number of sulfonamides is 1. The van der Waals surface area contributed by atoms with Crippen molar-refractivity contribution >= 4 is 44.8 Å². The minimum absolute atomic E-state index is 0.132. The molecule has 0 radical (unpaired) electrons. The second kappa shape index (κ2) is 10.9. The fraction of sp³-hybridized carbons (Fsp3) is 0.381. The van der Waals surface area contributed by atoms with Gasteiger partial charge in [-0.25, -0.2) is 8.42 Å². The van der Waals surface area contributed by atoms with E-state index in [0.717, 1.165) is 17.6 Å². The van der Waals surface area contributed by atoms with E-state index in [0.29, 0.717) is 30.3 Å². The summed E-state index contributed by atoms with van der Waals surface area (Å²) in [6.45, 7) is 4.90. The van der Waals surface area contributed by atoms with Gasteiger partial charge in [-0.15, -0.1) is 0 Å². The number of nitrogens with zero attached hydrogens (tertiary/aromatic N) is 1. The maximum atomic E-state index is 12.2. The lowest BCUT2D eigenvalue weighted by atomic mass is 10.1. The van der Waals surface area contributed by atoms with E-state index in [1.165, 1.54) is 15.9 Å². The van der Waals surface area contributed by atoms with Crippen LogP contribution in [-0.2, 0) is 14.8 Å². The monoisotopic (exact) mass is 472 g/mol. The molecule has 0 fully saturated rings. The molecular weight excluding hydrogens is 447 g/mol. The van der Waals surface area contributed by atoms with Gasteiger partial charge in [-0.3, -0.25) is 9.10 Å². The predicted octanol–water partition coefficient (Wildman–Crippen LogP) is 4.35. The summed E-state index contributed by atoms with van der Waals surface area (Å²) >= 11 is 12.0. The normalized spacial score (nSPS) is 11.2. The van der Waals surface area contributed by atoms with Gasteiger partial charge in [0.05, 0.1) is 23.5 Å². The zero-order valence-corrected chi connectivity index (χ0v) is 19.6. The van der Waals surface area contributed by atoms with Gasteiger partial charge < -0.3 is 10.1 Å². The third kappa shape index (κ3) is 7.38. The molecule has 0 saturated carbocycles. The minimum Gasteiger partial charge on any atom is -0.492 e. The number of benzene rings is 2. The van der Waals surface area contributed by atoms with Crippen molar-refractivity contribution in [1.82, 2.24) is 5.32 Å². The third-order valence-corrected chi connectivity index (χ3v) is 6.23. The van der Waals surface area contributed by atoms with Crippen molar-refractivity contribution in [3.63, 3.8) is 0 Å². The van der Waals surface area contributed by atoms with Crippen LogP contribution in [0, 0.1) is 13.8 Å². The molecule has 9 heteroatoms. The molecule has 0 atom stereocenters. The van der Waals surface area contributed by atoms with E-state index < -0.39 is 10.0 Å². The van der Waals surface area contributed by atoms with Crippen LogP contribution in [0.25, 0.3) is 0 Å². The molecule has 2 rings (SSSR count). The largest absolute Gasteiger partial charge is 0.492 e. The second-order valence-corrected chi connectivity index (χ2v) is 9.73. The molecule has 2 aromatic carbocycles. The lowest BCUT2D eigenvalue weighted by Crippen LogP contribution is -2.33. The summed E-state index contributed by atoms with van der Waals surface area (Å²) in [6.07, 6.45) is 1.62. The average molecular weight is 473 g/mol. The first-order chi connectivity index (χ1) is 14.1. The van der Waals surface area contributed by atoms with Gasteiger partial charge in [0, 0.05) is 18.0 Å². The first-order valence-electron chi connectivity index (χ1n) is 9.47. The number of nitrogens with one attached hydrogen (secondary N) is 1. The van der Waals surface area contributed by atoms with Crippen LogP contribution in [0.15, 0.2) is 36.4 Å². The lowest BCUT2D eigenvalue weighted by Gasteiger charge is -2.23. The zero-order valence-electron chi connectivity index (χ0n) is 17.2. The number of amides is 1. The first kappa shape index (κ1) is 24.3. The summed E-state index contributed by atoms with van der Waals surface area (Å²) < 4.78 is 31.1. The number of rotatable bonds is 10. The van der Waals surface area contributed by atoms with Gasteiger partial charge in [-0.1, -0.05) is 29.3 Å². The van der Waals surface area contributed by atoms with Gasteiger partial charge in [-0.05, 0) is 61.7 Å². The van der Waals surface area contributed by atoms with Crippen LogP contribution in [0.5, 0.6) is 5.75 Å². The number of hydrogen-bond donors (Lipinski definition) is 1. The van der Waals surface area contributed by atoms with Gasteiger partial charge >= 0.3 is 0 Å². The number of carbonyl (C=O) groups excluding carboxylic acids is 1. The molecule has 0 unspecified atom stereocenters. The summed E-state index contributed by atoms with van der Waals surface area (Å²) in [5.41, 5.74) is 2.68. The Morgan fingerprint density at radius 2 is 1.83 bits per heavy atom. The zero-order chi connectivity index (χ0) is 22.3. The third-order valence-electron chi connectivity index (χ3n) is 4.52. The molecule has 0 aromatic heterocycles. The van der Waals surface area contributed by atoms with Crippen LogP contribution < -0.4 is 14.4 Å². The Balaban J connectivity index is 1.79. The average Bonchev–Trinajstić information content (AvgIpc) is 2.65. The molecule has 2 aromatic rings. The molecule has 164 valence electrons. The van der Waals surface area contributed by atoms with Gasteiger partial charge in [0.15, 0.2) is 0 Å². The molecule has 1 amide bonds. The van der Waals surface area contributed by atoms with Crippen LogP contribution in [0.2, 0.25) is 10.0 Å². The topological polar surface area (TPSA) is 75.7 Å². The molecular formula is C21H26Cl2N2O4S. The van der Waals surface area contributed by atoms with E-state index in [9.17, 15) is 13.2 Å². The van der Waals surface area contributed by atoms with Crippen molar-refractivity contribution in [3.05, 3.63) is 57.6 Å². The highest BCUT2D eigenvalue weighted by Crippen LogP contribution is 2.30. The number of halogens is 2. The summed E-state index contributed by atoms with van der Waals surface area (Å²) in [5.74, 6) is 0.588. The van der Waals surface area contributed by atoms with E-state index in [2.05, 4.69) is 5.32 Å². The maximum absolute atomic E-state index is 12.2. The second-order valence-electron chi connectivity index (χ2n) is 6.98. The molecule has 0 saturated heterocycles. The number of ether oxygens (including phenoxy) is 1. The van der Waals surface area contributed by atoms with Gasteiger partial charge in [0.2, 0.25) is 15.9 Å². The fourth-order valence-electron chi connectivity index (χ4n) is 2.78. The number of carbonyl (C=O) groups is 1. The van der Waals surface area contributed by atoms with E-state index in [-0.39, 0.29) is 23.9 Å². The highest BCUT2D eigenvalue weighted by molar-refractivity contribution is 7.92. The minimum atomic E-state index is -3.56. The Labute approximate surface area is 188 Å². The highest BCUT2D eigenvalue weighted by atomic mass is 35.5. The standard InChI is InChI=1S/C21H26Cl2N2O4S/c1-15-6-8-18(13-16(15)2)29-12-10-24-21(26)5-4-11-25(30(3,27)28)20-9-7-17(22)14-19(20)23/h6-9,13-14H,4-5,10-12H2,1-3H3,(H,24,26). The molecule has 6 nitrogen and oxygen atoms in total. The van der Waals surface area contributed by atoms with Crippen LogP contribution in [-0.4, -0.2) is 40.3 Å². The Kier molecular flexibility index (Phi) is 8.82. The molecule has 0 heterocycles. The summed E-state index contributed by atoms with van der Waals surface area (Å²) in [7, 11) is -3.56. The molecule has 30 heavy (non-hydrogen) atoms. The van der Waals surface area contributed by atoms with Crippen molar-refractivity contribution in [2.45, 2.75) is 26.7 Å². The van der Waals surface area contributed by atoms with E-state index in [1.54, 1.807) is 12.1 Å². The van der Waals surface area contributed by atoms with Crippen LogP contribution >= 0.6 is 23.2 Å². The Bertz CT molecular complexity index is 996. The van der Waals surface area contributed by atoms with E-state index >= 15 is 0 Å². The summed E-state index contributed by atoms with van der Waals surface area (Å²) in [5, 5.41) is 3.43. The Hall–Kier alpha value is -1.96. The number of hydrogen-bond acceptors (Lipinski definition) is 4. The van der Waals surface area contributed by atoms with Crippen LogP contribution in [0.3, 0.4) is 0 Å². The summed E-state index contributed by atoms with van der Waals surface area (Å²) in [4.78, 5) is 12.1. The van der Waals surface area contributed by atoms with Crippen molar-refractivity contribution < 1.29 is 17.9 Å².